The lowest BCUT2D eigenvalue weighted by Gasteiger charge is -2.29. The van der Waals surface area contributed by atoms with Crippen LogP contribution in [0.3, 0.4) is 0 Å². The Bertz CT molecular complexity index is 856. The normalized spacial score (nSPS) is 13.1. The third-order valence-electron chi connectivity index (χ3n) is 5.01. The van der Waals surface area contributed by atoms with E-state index >= 15 is 0 Å². The van der Waals surface area contributed by atoms with Crippen LogP contribution >= 0.6 is 15.9 Å². The molecule has 1 aliphatic heterocycles. The molecule has 148 valence electrons. The number of hydrogen-bond acceptors (Lipinski definition) is 2. The highest BCUT2D eigenvalue weighted by atomic mass is 79.9. The third-order valence-corrected chi connectivity index (χ3v) is 5.50. The monoisotopic (exact) mass is 446 g/mol. The largest absolute Gasteiger partial charge is 0.356 e. The second-order valence-corrected chi connectivity index (χ2v) is 7.94. The zero-order valence-electron chi connectivity index (χ0n) is 15.7. The van der Waals surface area contributed by atoms with Gasteiger partial charge in [-0.2, -0.15) is 0 Å². The van der Waals surface area contributed by atoms with Crippen molar-refractivity contribution in [3.8, 4) is 0 Å². The smallest absolute Gasteiger partial charge is 0.222 e. The predicted molar refractivity (Wildman–Crippen MR) is 110 cm³/mol. The lowest BCUT2D eigenvalue weighted by Crippen LogP contribution is -2.36. The Labute approximate surface area is 173 Å². The van der Waals surface area contributed by atoms with E-state index in [2.05, 4.69) is 33.4 Å². The molecule has 0 unspecified atom stereocenters. The van der Waals surface area contributed by atoms with Crippen molar-refractivity contribution in [2.24, 2.45) is 0 Å². The first-order valence-electron chi connectivity index (χ1n) is 9.58. The van der Waals surface area contributed by atoms with Gasteiger partial charge in [-0.1, -0.05) is 46.3 Å². The van der Waals surface area contributed by atoms with Crippen molar-refractivity contribution in [2.75, 3.05) is 13.1 Å². The van der Waals surface area contributed by atoms with E-state index in [1.165, 1.54) is 17.2 Å². The average molecular weight is 447 g/mol. The van der Waals surface area contributed by atoms with Crippen molar-refractivity contribution < 1.29 is 14.0 Å². The average Bonchev–Trinajstić information content (AvgIpc) is 2.70. The van der Waals surface area contributed by atoms with Crippen LogP contribution in [0.2, 0.25) is 0 Å². The van der Waals surface area contributed by atoms with Crippen molar-refractivity contribution in [1.29, 1.82) is 0 Å². The summed E-state index contributed by atoms with van der Waals surface area (Å²) in [7, 11) is 0. The number of rotatable bonds is 7. The number of benzene rings is 2. The number of carbonyl (C=O) groups excluding carboxylic acids is 2. The molecule has 2 amide bonds. The molecule has 1 heterocycles. The van der Waals surface area contributed by atoms with Crippen LogP contribution in [0.15, 0.2) is 46.9 Å². The lowest BCUT2D eigenvalue weighted by molar-refractivity contribution is -0.132. The van der Waals surface area contributed by atoms with Gasteiger partial charge in [0.1, 0.15) is 5.82 Å². The van der Waals surface area contributed by atoms with Crippen LogP contribution in [-0.2, 0) is 29.0 Å². The molecule has 3 rings (SSSR count). The molecule has 0 aromatic heterocycles. The number of fused-ring (bicyclic) bond motifs is 1. The van der Waals surface area contributed by atoms with E-state index < -0.39 is 0 Å². The minimum atomic E-state index is -0.309. The summed E-state index contributed by atoms with van der Waals surface area (Å²) in [5.74, 6) is -0.307. The van der Waals surface area contributed by atoms with Crippen molar-refractivity contribution in [3.63, 3.8) is 0 Å². The fourth-order valence-electron chi connectivity index (χ4n) is 3.40. The van der Waals surface area contributed by atoms with Crippen LogP contribution < -0.4 is 5.32 Å². The molecule has 0 fully saturated rings. The quantitative estimate of drug-likeness (QED) is 0.653. The van der Waals surface area contributed by atoms with Crippen LogP contribution in [0.5, 0.6) is 0 Å². The summed E-state index contributed by atoms with van der Waals surface area (Å²) in [6.45, 7) is 1.87. The fraction of sp³-hybridized carbons (Fsp3) is 0.364. The van der Waals surface area contributed by atoms with Crippen LogP contribution in [0.1, 0.15) is 36.0 Å². The van der Waals surface area contributed by atoms with Gasteiger partial charge in [0, 0.05) is 36.9 Å². The zero-order valence-corrected chi connectivity index (χ0v) is 17.3. The highest BCUT2D eigenvalue weighted by Crippen LogP contribution is 2.19. The molecule has 2 aromatic carbocycles. The van der Waals surface area contributed by atoms with E-state index in [9.17, 15) is 14.0 Å². The number of nitrogens with one attached hydrogen (secondary N) is 1. The molecule has 0 radical (unpaired) electrons. The summed E-state index contributed by atoms with van der Waals surface area (Å²) in [5.41, 5.74) is 3.07. The lowest BCUT2D eigenvalue weighted by atomic mass is 9.99. The van der Waals surface area contributed by atoms with Crippen molar-refractivity contribution in [2.45, 2.75) is 38.6 Å². The van der Waals surface area contributed by atoms with Gasteiger partial charge in [0.25, 0.3) is 0 Å². The van der Waals surface area contributed by atoms with E-state index in [1.807, 2.05) is 17.0 Å². The van der Waals surface area contributed by atoms with Gasteiger partial charge < -0.3 is 10.2 Å². The summed E-state index contributed by atoms with van der Waals surface area (Å²) in [6.07, 6.45) is 2.51. The minimum absolute atomic E-state index is 0.123. The Morgan fingerprint density at radius 2 is 1.89 bits per heavy atom. The first-order valence-corrected chi connectivity index (χ1v) is 10.4. The molecular formula is C22H24BrFN2O2. The third kappa shape index (κ3) is 5.64. The van der Waals surface area contributed by atoms with Gasteiger partial charge in [0.15, 0.2) is 0 Å². The zero-order chi connectivity index (χ0) is 19.9. The van der Waals surface area contributed by atoms with Crippen molar-refractivity contribution in [3.05, 3.63) is 69.4 Å². The molecule has 0 bridgehead atoms. The van der Waals surface area contributed by atoms with Gasteiger partial charge in [-0.05, 0) is 48.1 Å². The molecule has 0 atom stereocenters. The summed E-state index contributed by atoms with van der Waals surface area (Å²) < 4.78 is 14.4. The number of nitrogens with zero attached hydrogens (tertiary/aromatic N) is 1. The number of hydrogen-bond donors (Lipinski definition) is 1. The number of carbonyl (C=O) groups is 2. The highest BCUT2D eigenvalue weighted by molar-refractivity contribution is 9.10. The second kappa shape index (κ2) is 9.82. The van der Waals surface area contributed by atoms with Crippen molar-refractivity contribution in [1.82, 2.24) is 10.2 Å². The summed E-state index contributed by atoms with van der Waals surface area (Å²) in [4.78, 5) is 26.2. The number of halogens is 2. The molecule has 4 nitrogen and oxygen atoms in total. The molecule has 2 aromatic rings. The van der Waals surface area contributed by atoms with E-state index in [-0.39, 0.29) is 24.1 Å². The molecule has 0 spiro atoms. The maximum Gasteiger partial charge on any atom is 0.222 e. The first kappa shape index (κ1) is 20.5. The molecule has 0 saturated carbocycles. The van der Waals surface area contributed by atoms with E-state index in [4.69, 9.17) is 0 Å². The van der Waals surface area contributed by atoms with Gasteiger partial charge >= 0.3 is 0 Å². The topological polar surface area (TPSA) is 49.4 Å². The summed E-state index contributed by atoms with van der Waals surface area (Å²) in [5, 5.41) is 2.82. The maximum absolute atomic E-state index is 13.8. The standard InChI is InChI=1S/C22H24BrFN2O2/c23-19-9-7-17(20(24)14-19)8-10-21(27)25-12-3-6-22(28)26-13-11-16-4-1-2-5-18(16)15-26/h1-2,4-5,7,9,14H,3,6,8,10-13,15H2,(H,25,27). The summed E-state index contributed by atoms with van der Waals surface area (Å²) >= 11 is 3.22. The van der Waals surface area contributed by atoms with Gasteiger partial charge in [-0.3, -0.25) is 9.59 Å². The minimum Gasteiger partial charge on any atom is -0.356 e. The van der Waals surface area contributed by atoms with E-state index in [1.54, 1.807) is 12.1 Å². The maximum atomic E-state index is 13.8. The van der Waals surface area contributed by atoms with Crippen molar-refractivity contribution >= 4 is 27.7 Å². The fourth-order valence-corrected chi connectivity index (χ4v) is 3.73. The first-order chi connectivity index (χ1) is 13.5. The van der Waals surface area contributed by atoms with Gasteiger partial charge in [0.05, 0.1) is 0 Å². The Morgan fingerprint density at radius 3 is 2.68 bits per heavy atom. The Hall–Kier alpha value is -2.21. The van der Waals surface area contributed by atoms with E-state index in [0.29, 0.717) is 42.4 Å². The van der Waals surface area contributed by atoms with Crippen LogP contribution in [0.4, 0.5) is 4.39 Å². The molecule has 0 aliphatic carbocycles. The molecule has 6 heteroatoms. The van der Waals surface area contributed by atoms with Gasteiger partial charge in [-0.15, -0.1) is 0 Å². The molecule has 0 saturated heterocycles. The number of aryl methyl sites for hydroxylation is 1. The van der Waals surface area contributed by atoms with Crippen LogP contribution in [-0.4, -0.2) is 29.8 Å². The molecule has 1 aliphatic rings. The Kier molecular flexibility index (Phi) is 7.20. The highest BCUT2D eigenvalue weighted by Gasteiger charge is 2.19. The van der Waals surface area contributed by atoms with Gasteiger partial charge in [-0.25, -0.2) is 4.39 Å². The molecule has 1 N–H and O–H groups in total. The van der Waals surface area contributed by atoms with Gasteiger partial charge in [0.2, 0.25) is 11.8 Å². The molecular weight excluding hydrogens is 423 g/mol. The molecule has 28 heavy (non-hydrogen) atoms. The van der Waals surface area contributed by atoms with E-state index in [0.717, 1.165) is 13.0 Å². The second-order valence-electron chi connectivity index (χ2n) is 7.02. The number of amides is 2. The Morgan fingerprint density at radius 1 is 1.11 bits per heavy atom. The SMILES string of the molecule is O=C(CCc1ccc(Br)cc1F)NCCCC(=O)N1CCc2ccccc2C1. The Balaban J connectivity index is 1.34. The van der Waals surface area contributed by atoms with Crippen LogP contribution in [0.25, 0.3) is 0 Å². The van der Waals surface area contributed by atoms with Crippen LogP contribution in [0, 0.1) is 5.82 Å². The summed E-state index contributed by atoms with van der Waals surface area (Å²) in [6, 6.07) is 13.1. The predicted octanol–water partition coefficient (Wildman–Crippen LogP) is 4.00.